The summed E-state index contributed by atoms with van der Waals surface area (Å²) in [5.74, 6) is 2.89. The largest absolute Gasteiger partial charge is 0.494 e. The van der Waals surface area contributed by atoms with E-state index < -0.39 is 0 Å². The number of oxazole rings is 2. The summed E-state index contributed by atoms with van der Waals surface area (Å²) in [5.41, 5.74) is 13.5. The molecule has 0 aliphatic carbocycles. The van der Waals surface area contributed by atoms with E-state index in [-0.39, 0.29) is 12.1 Å². The van der Waals surface area contributed by atoms with Gasteiger partial charge in [-0.25, -0.2) is 9.97 Å². The van der Waals surface area contributed by atoms with Crippen molar-refractivity contribution in [2.24, 2.45) is 10.2 Å². The molecule has 2 aliphatic heterocycles. The fourth-order valence-corrected chi connectivity index (χ4v) is 8.63. The van der Waals surface area contributed by atoms with Crippen LogP contribution in [0, 0.1) is 0 Å². The first-order valence-corrected chi connectivity index (χ1v) is 21.8. The van der Waals surface area contributed by atoms with Gasteiger partial charge in [0.25, 0.3) is 0 Å². The maximum absolute atomic E-state index is 6.07. The Morgan fingerprint density at radius 1 is 0.453 bits per heavy atom. The van der Waals surface area contributed by atoms with Gasteiger partial charge >= 0.3 is 0 Å². The lowest BCUT2D eigenvalue weighted by Gasteiger charge is -2.24. The maximum Gasteiger partial charge on any atom is 0.227 e. The molecule has 0 fully saturated rings. The predicted molar refractivity (Wildman–Crippen MR) is 253 cm³/mol. The summed E-state index contributed by atoms with van der Waals surface area (Å²) in [4.78, 5) is 9.42. The van der Waals surface area contributed by atoms with E-state index in [1.165, 1.54) is 0 Å². The number of hydrogen-bond donors (Lipinski definition) is 0. The Bertz CT molecular complexity index is 2860. The average molecular weight is 841 g/mol. The van der Waals surface area contributed by atoms with Gasteiger partial charge in [0.05, 0.1) is 48.1 Å². The average Bonchev–Trinajstić information content (AvgIpc) is 4.18. The smallest absolute Gasteiger partial charge is 0.227 e. The van der Waals surface area contributed by atoms with Gasteiger partial charge in [0.2, 0.25) is 11.8 Å². The summed E-state index contributed by atoms with van der Waals surface area (Å²) in [6, 6.07) is 57.6. The lowest BCUT2D eigenvalue weighted by atomic mass is 9.95. The van der Waals surface area contributed by atoms with Crippen molar-refractivity contribution >= 4 is 45.0 Å². The minimum atomic E-state index is -0.0165. The van der Waals surface area contributed by atoms with Gasteiger partial charge in [-0.3, -0.25) is 10.0 Å². The first kappa shape index (κ1) is 38.9. The van der Waals surface area contributed by atoms with Crippen molar-refractivity contribution in [3.05, 3.63) is 192 Å². The van der Waals surface area contributed by atoms with Crippen molar-refractivity contribution in [3.8, 4) is 34.4 Å². The maximum atomic E-state index is 6.07. The number of para-hydroxylation sites is 4. The highest BCUT2D eigenvalue weighted by atomic mass is 16.5. The van der Waals surface area contributed by atoms with Gasteiger partial charge in [-0.1, -0.05) is 72.8 Å². The molecule has 0 bridgehead atoms. The third-order valence-electron chi connectivity index (χ3n) is 11.9. The van der Waals surface area contributed by atoms with Gasteiger partial charge in [0, 0.05) is 24.0 Å². The van der Waals surface area contributed by atoms with Crippen molar-refractivity contribution in [3.63, 3.8) is 0 Å². The van der Waals surface area contributed by atoms with E-state index in [1.54, 1.807) is 0 Å². The number of fused-ring (bicyclic) bond motifs is 2. The van der Waals surface area contributed by atoms with E-state index in [4.69, 9.17) is 38.5 Å². The summed E-state index contributed by atoms with van der Waals surface area (Å²) in [5, 5.41) is 14.8. The molecule has 0 saturated heterocycles. The second-order valence-electron chi connectivity index (χ2n) is 15.9. The van der Waals surface area contributed by atoms with Crippen molar-refractivity contribution in [2.45, 2.75) is 38.8 Å². The van der Waals surface area contributed by atoms with E-state index in [1.807, 2.05) is 86.6 Å². The number of anilines is 2. The van der Waals surface area contributed by atoms with Crippen molar-refractivity contribution in [1.82, 2.24) is 9.97 Å². The molecule has 2 aliphatic rings. The van der Waals surface area contributed by atoms with Crippen LogP contribution >= 0.6 is 0 Å². The molecule has 4 heterocycles. The van der Waals surface area contributed by atoms with Crippen LogP contribution in [-0.4, -0.2) is 34.6 Å². The number of benzene rings is 7. The number of rotatable bonds is 12. The highest BCUT2D eigenvalue weighted by Gasteiger charge is 2.32. The van der Waals surface area contributed by atoms with E-state index in [9.17, 15) is 0 Å². The van der Waals surface area contributed by atoms with Gasteiger partial charge in [-0.2, -0.15) is 10.2 Å². The molecule has 10 nitrogen and oxygen atoms in total. The lowest BCUT2D eigenvalue weighted by molar-refractivity contribution is 0.340. The van der Waals surface area contributed by atoms with E-state index in [0.29, 0.717) is 25.0 Å². The molecule has 0 saturated carbocycles. The summed E-state index contributed by atoms with van der Waals surface area (Å²) < 4.78 is 23.7. The zero-order valence-electron chi connectivity index (χ0n) is 35.5. The van der Waals surface area contributed by atoms with Crippen molar-refractivity contribution < 1.29 is 18.3 Å². The Labute approximate surface area is 370 Å². The molecule has 314 valence electrons. The molecule has 11 rings (SSSR count). The van der Waals surface area contributed by atoms with Gasteiger partial charge in [0.15, 0.2) is 11.2 Å². The monoisotopic (exact) mass is 840 g/mol. The molecule has 9 aromatic rings. The molecule has 2 atom stereocenters. The van der Waals surface area contributed by atoms with Gasteiger partial charge in [0.1, 0.15) is 22.5 Å². The first-order chi connectivity index (χ1) is 31.6. The topological polar surface area (TPSA) is 102 Å². The standard InChI is InChI=1S/C54H44N6O4/c1-3-61-43-29-21-37(22-30-43)49-33-47(57-59(49)41-25-17-39(18-26-41)53-55-45-9-5-7-11-51(45)63-53)35-13-15-36(16-14-35)48-34-50(38-23-31-44(32-24-38)62-4-2)60(58-48)42-27-19-40(20-28-42)54-56-46-10-6-8-12-52(46)64-54/h5-32,49-50H,3-4,33-34H2,1-2H3. The highest BCUT2D eigenvalue weighted by molar-refractivity contribution is 6.06. The fourth-order valence-electron chi connectivity index (χ4n) is 8.63. The number of aromatic nitrogens is 2. The van der Waals surface area contributed by atoms with Gasteiger partial charge in [-0.05, 0) is 133 Å². The molecule has 0 radical (unpaired) electrons. The van der Waals surface area contributed by atoms with Crippen LogP contribution in [0.15, 0.2) is 189 Å². The SMILES string of the molecule is CCOc1ccc(C2CC(c3ccc(C4=NN(c5ccc(-c6nc7ccccc7o6)cc5)C(c5ccc(OCC)cc5)C4)cc3)=NN2c2ccc(-c3nc4ccccc4o3)cc2)cc1. The molecule has 2 unspecified atom stereocenters. The van der Waals surface area contributed by atoms with Crippen LogP contribution in [0.1, 0.15) is 61.0 Å². The van der Waals surface area contributed by atoms with Crippen LogP contribution < -0.4 is 19.5 Å². The predicted octanol–water partition coefficient (Wildman–Crippen LogP) is 12.8. The third kappa shape index (κ3) is 7.53. The molecule has 10 heteroatoms. The van der Waals surface area contributed by atoms with Gasteiger partial charge in [-0.15, -0.1) is 0 Å². The quantitative estimate of drug-likeness (QED) is 0.120. The minimum Gasteiger partial charge on any atom is -0.494 e. The Hall–Kier alpha value is -7.98. The Morgan fingerprint density at radius 3 is 1.20 bits per heavy atom. The molecular weight excluding hydrogens is 797 g/mol. The van der Waals surface area contributed by atoms with E-state index in [0.717, 1.165) is 103 Å². The molecule has 7 aromatic carbocycles. The molecule has 0 amide bonds. The van der Waals surface area contributed by atoms with Crippen LogP contribution in [0.4, 0.5) is 11.4 Å². The normalized spacial score (nSPS) is 16.1. The zero-order chi connectivity index (χ0) is 43.0. The van der Waals surface area contributed by atoms with Crippen LogP contribution in [0.25, 0.3) is 45.1 Å². The molecular formula is C54H44N6O4. The number of hydrogen-bond acceptors (Lipinski definition) is 10. The number of ether oxygens (including phenoxy) is 2. The second-order valence-corrected chi connectivity index (χ2v) is 15.9. The summed E-state index contributed by atoms with van der Waals surface area (Å²) in [6.45, 7) is 5.23. The number of hydrazone groups is 2. The minimum absolute atomic E-state index is 0.0165. The van der Waals surface area contributed by atoms with Crippen LogP contribution in [-0.2, 0) is 0 Å². The first-order valence-electron chi connectivity index (χ1n) is 21.8. The van der Waals surface area contributed by atoms with Gasteiger partial charge < -0.3 is 18.3 Å². The molecule has 0 spiro atoms. The van der Waals surface area contributed by atoms with E-state index >= 15 is 0 Å². The summed E-state index contributed by atoms with van der Waals surface area (Å²) in [6.07, 6.45) is 1.46. The van der Waals surface area contributed by atoms with E-state index in [2.05, 4.69) is 107 Å². The highest BCUT2D eigenvalue weighted by Crippen LogP contribution is 2.41. The zero-order valence-corrected chi connectivity index (χ0v) is 35.5. The molecule has 2 aromatic heterocycles. The van der Waals surface area contributed by atoms with Crippen LogP contribution in [0.3, 0.4) is 0 Å². The second kappa shape index (κ2) is 16.7. The Kier molecular flexibility index (Phi) is 10.2. The summed E-state index contributed by atoms with van der Waals surface area (Å²) >= 11 is 0. The summed E-state index contributed by atoms with van der Waals surface area (Å²) in [7, 11) is 0. The van der Waals surface area contributed by atoms with Crippen molar-refractivity contribution in [1.29, 1.82) is 0 Å². The fraction of sp³-hybridized carbons (Fsp3) is 0.148. The van der Waals surface area contributed by atoms with Crippen LogP contribution in [0.2, 0.25) is 0 Å². The lowest BCUT2D eigenvalue weighted by Crippen LogP contribution is -2.18. The number of nitrogens with zero attached hydrogens (tertiary/aromatic N) is 6. The Morgan fingerprint density at radius 2 is 0.828 bits per heavy atom. The molecule has 64 heavy (non-hydrogen) atoms. The third-order valence-corrected chi connectivity index (χ3v) is 11.9. The van der Waals surface area contributed by atoms with Crippen molar-refractivity contribution in [2.75, 3.05) is 23.2 Å². The Balaban J connectivity index is 0.884. The molecule has 0 N–H and O–H groups in total. The van der Waals surface area contributed by atoms with Crippen LogP contribution in [0.5, 0.6) is 11.5 Å².